The van der Waals surface area contributed by atoms with Crippen LogP contribution >= 0.6 is 26.2 Å². The largest absolute Gasteiger partial charge is 0.468 e. The fourth-order valence-electron chi connectivity index (χ4n) is 7.76. The van der Waals surface area contributed by atoms with Crippen LogP contribution in [0.25, 0.3) is 0 Å². The van der Waals surface area contributed by atoms with Crippen molar-refractivity contribution in [2.24, 2.45) is 0 Å². The molecule has 4 heteroatoms. The first kappa shape index (κ1) is 49.6. The maximum absolute atomic E-state index is 13.1. The summed E-state index contributed by atoms with van der Waals surface area (Å²) in [4.78, 5) is 13.1. The van der Waals surface area contributed by atoms with E-state index in [-0.39, 0.29) is 23.0 Å². The van der Waals surface area contributed by atoms with Crippen LogP contribution in [0.3, 0.4) is 0 Å². The Morgan fingerprint density at radius 3 is 1.14 bits per heavy atom. The van der Waals surface area contributed by atoms with Crippen LogP contribution in [-0.4, -0.2) is 13.1 Å². The molecule has 0 aromatic heterocycles. The molecule has 0 aliphatic heterocycles. The van der Waals surface area contributed by atoms with Crippen molar-refractivity contribution in [1.82, 2.24) is 0 Å². The topological polar surface area (TPSA) is 26.3 Å². The molecule has 294 valence electrons. The first-order valence-electron chi connectivity index (χ1n) is 21.9. The number of carbonyl (C=O) groups excluding carboxylic acids is 1. The average molecular weight is 782 g/mol. The van der Waals surface area contributed by atoms with Gasteiger partial charge in [0.05, 0.1) is 7.11 Å². The zero-order chi connectivity index (χ0) is 35.8. The standard InChI is InChI=1S/C46H85O2P.BrH/c1-6-9-12-15-18-21-24-27-30-33-36-41-39-40-44(46(4,49)45(47)48-5)43(38-35-32-29-26-23-20-17-14-11-8-3)42(41)37-34-31-28-25-22-19-16-13-10-7-2;/h39-40H,6-38,49H2,1-5H3;1H. The number of hydrogen-bond acceptors (Lipinski definition) is 2. The van der Waals surface area contributed by atoms with Gasteiger partial charge >= 0.3 is 5.97 Å². The van der Waals surface area contributed by atoms with Crippen LogP contribution in [-0.2, 0) is 33.9 Å². The Morgan fingerprint density at radius 1 is 0.500 bits per heavy atom. The SMILES string of the molecule is Br.CCCCCCCCCCCCc1ccc(C(C)(P)C(=O)OC)c(CCCCCCCCCCCC)c1CCCCCCCCCCCC. The molecule has 0 heterocycles. The predicted molar refractivity (Wildman–Crippen MR) is 232 cm³/mol. The van der Waals surface area contributed by atoms with Gasteiger partial charge in [-0.3, -0.25) is 4.79 Å². The number of ether oxygens (including phenoxy) is 1. The van der Waals surface area contributed by atoms with Crippen molar-refractivity contribution in [2.45, 2.75) is 245 Å². The third-order valence-corrected chi connectivity index (χ3v) is 11.6. The van der Waals surface area contributed by atoms with E-state index in [1.165, 1.54) is 217 Å². The summed E-state index contributed by atoms with van der Waals surface area (Å²) in [5.41, 5.74) is 5.81. The van der Waals surface area contributed by atoms with Gasteiger partial charge in [0.15, 0.2) is 0 Å². The highest BCUT2D eigenvalue weighted by Crippen LogP contribution is 2.39. The number of benzene rings is 1. The minimum absolute atomic E-state index is 0. The smallest absolute Gasteiger partial charge is 0.319 e. The number of halogens is 1. The predicted octanol–water partition coefficient (Wildman–Crippen LogP) is 15.9. The first-order valence-corrected chi connectivity index (χ1v) is 22.5. The van der Waals surface area contributed by atoms with E-state index < -0.39 is 5.16 Å². The fourth-order valence-corrected chi connectivity index (χ4v) is 8.15. The Labute approximate surface area is 326 Å². The summed E-state index contributed by atoms with van der Waals surface area (Å²) in [7, 11) is 4.41. The van der Waals surface area contributed by atoms with Gasteiger partial charge in [0, 0.05) is 0 Å². The number of esters is 1. The third kappa shape index (κ3) is 23.3. The van der Waals surface area contributed by atoms with E-state index in [9.17, 15) is 4.79 Å². The molecular formula is C46H86BrO2P. The lowest BCUT2D eigenvalue weighted by Crippen LogP contribution is -2.29. The molecule has 2 nitrogen and oxygen atoms in total. The molecule has 0 amide bonds. The van der Waals surface area contributed by atoms with Crippen LogP contribution in [0, 0.1) is 0 Å². The third-order valence-electron chi connectivity index (χ3n) is 11.1. The number of aryl methyl sites for hydroxylation is 1. The van der Waals surface area contributed by atoms with Gasteiger partial charge in [-0.15, -0.1) is 26.2 Å². The Kier molecular flexibility index (Phi) is 34.1. The van der Waals surface area contributed by atoms with Gasteiger partial charge < -0.3 is 4.74 Å². The lowest BCUT2D eigenvalue weighted by atomic mass is 9.83. The van der Waals surface area contributed by atoms with E-state index >= 15 is 0 Å². The van der Waals surface area contributed by atoms with Crippen molar-refractivity contribution in [2.75, 3.05) is 7.11 Å². The molecule has 50 heavy (non-hydrogen) atoms. The second kappa shape index (κ2) is 34.4. The molecule has 2 atom stereocenters. The molecule has 1 aromatic rings. The zero-order valence-electron chi connectivity index (χ0n) is 34.3. The Morgan fingerprint density at radius 2 is 0.800 bits per heavy atom. The van der Waals surface area contributed by atoms with Gasteiger partial charge in [-0.2, -0.15) is 0 Å². The molecule has 0 bridgehead atoms. The Hall–Kier alpha value is -0.400. The van der Waals surface area contributed by atoms with Crippen LogP contribution in [0.15, 0.2) is 12.1 Å². The highest BCUT2D eigenvalue weighted by molar-refractivity contribution is 8.93. The minimum atomic E-state index is -0.704. The molecule has 1 rings (SSSR count). The average Bonchev–Trinajstić information content (AvgIpc) is 3.10. The van der Waals surface area contributed by atoms with Gasteiger partial charge in [0.25, 0.3) is 0 Å². The molecule has 0 spiro atoms. The van der Waals surface area contributed by atoms with E-state index in [1.807, 2.05) is 6.92 Å². The van der Waals surface area contributed by atoms with Crippen molar-refractivity contribution < 1.29 is 9.53 Å². The van der Waals surface area contributed by atoms with Crippen molar-refractivity contribution in [3.05, 3.63) is 34.4 Å². The van der Waals surface area contributed by atoms with Crippen molar-refractivity contribution in [1.29, 1.82) is 0 Å². The molecular weight excluding hydrogens is 695 g/mol. The molecule has 0 saturated heterocycles. The number of rotatable bonds is 35. The van der Waals surface area contributed by atoms with Crippen molar-refractivity contribution >= 4 is 32.2 Å². The first-order chi connectivity index (χ1) is 23.9. The normalized spacial score (nSPS) is 12.5. The number of hydrogen-bond donors (Lipinski definition) is 0. The summed E-state index contributed by atoms with van der Waals surface area (Å²) < 4.78 is 5.35. The molecule has 0 aliphatic rings. The van der Waals surface area contributed by atoms with Gasteiger partial charge in [-0.25, -0.2) is 0 Å². The summed E-state index contributed by atoms with van der Waals surface area (Å²) in [5, 5.41) is -0.704. The zero-order valence-corrected chi connectivity index (χ0v) is 37.2. The summed E-state index contributed by atoms with van der Waals surface area (Å²) in [6.45, 7) is 8.95. The second-order valence-corrected chi connectivity index (χ2v) is 16.9. The molecule has 0 N–H and O–H groups in total. The van der Waals surface area contributed by atoms with Gasteiger partial charge in [0.1, 0.15) is 5.16 Å². The van der Waals surface area contributed by atoms with E-state index in [1.54, 1.807) is 11.1 Å². The highest BCUT2D eigenvalue weighted by atomic mass is 79.9. The minimum Gasteiger partial charge on any atom is -0.468 e. The van der Waals surface area contributed by atoms with Crippen LogP contribution in [0.5, 0.6) is 0 Å². The van der Waals surface area contributed by atoms with E-state index in [0.717, 1.165) is 12.8 Å². The summed E-state index contributed by atoms with van der Waals surface area (Å²) >= 11 is 0. The molecule has 0 radical (unpaired) electrons. The van der Waals surface area contributed by atoms with Gasteiger partial charge in [-0.1, -0.05) is 206 Å². The number of methoxy groups -OCH3 is 1. The molecule has 0 saturated carbocycles. The lowest BCUT2D eigenvalue weighted by molar-refractivity contribution is -0.143. The van der Waals surface area contributed by atoms with Crippen molar-refractivity contribution in [3.63, 3.8) is 0 Å². The van der Waals surface area contributed by atoms with Crippen molar-refractivity contribution in [3.8, 4) is 0 Å². The van der Waals surface area contributed by atoms with Crippen LogP contribution in [0.1, 0.15) is 243 Å². The molecule has 2 unspecified atom stereocenters. The maximum atomic E-state index is 13.1. The highest BCUT2D eigenvalue weighted by Gasteiger charge is 2.34. The fraction of sp³-hybridized carbons (Fsp3) is 0.848. The number of carbonyl (C=O) groups is 1. The summed E-state index contributed by atoms with van der Waals surface area (Å²) in [6.07, 6.45) is 44.5. The summed E-state index contributed by atoms with van der Waals surface area (Å²) in [6, 6.07) is 4.69. The quantitative estimate of drug-likeness (QED) is 0.0389. The van der Waals surface area contributed by atoms with E-state index in [2.05, 4.69) is 42.1 Å². The van der Waals surface area contributed by atoms with Crippen LogP contribution in [0.4, 0.5) is 0 Å². The van der Waals surface area contributed by atoms with Crippen LogP contribution < -0.4 is 0 Å². The molecule has 0 aliphatic carbocycles. The number of unbranched alkanes of at least 4 members (excludes halogenated alkanes) is 27. The van der Waals surface area contributed by atoms with Gasteiger partial charge in [-0.05, 0) is 67.7 Å². The van der Waals surface area contributed by atoms with E-state index in [0.29, 0.717) is 0 Å². The molecule has 0 fully saturated rings. The Bertz CT molecular complexity index is 914. The maximum Gasteiger partial charge on any atom is 0.319 e. The molecule has 1 aromatic carbocycles. The summed E-state index contributed by atoms with van der Waals surface area (Å²) in [5.74, 6) is -0.144. The van der Waals surface area contributed by atoms with Crippen LogP contribution in [0.2, 0.25) is 0 Å². The van der Waals surface area contributed by atoms with Gasteiger partial charge in [0.2, 0.25) is 0 Å². The monoisotopic (exact) mass is 781 g/mol. The Balaban J connectivity index is 0.0000240. The second-order valence-electron chi connectivity index (χ2n) is 15.7. The lowest BCUT2D eigenvalue weighted by Gasteiger charge is -2.28. The van der Waals surface area contributed by atoms with E-state index in [4.69, 9.17) is 4.74 Å².